The molecule has 40 heavy (non-hydrogen) atoms. The predicted octanol–water partition coefficient (Wildman–Crippen LogP) is 5.15. The number of hydrogen-bond donors (Lipinski definition) is 1. The first-order chi connectivity index (χ1) is 19.2. The molecule has 0 unspecified atom stereocenters. The van der Waals surface area contributed by atoms with E-state index in [1.165, 1.54) is 24.8 Å². The number of aliphatic hydroxyl groups excluding tert-OH is 1. The van der Waals surface area contributed by atoms with Crippen LogP contribution in [0.2, 0.25) is 0 Å². The number of benzene rings is 1. The Kier molecular flexibility index (Phi) is 9.57. The number of likely N-dealkylation sites (N-methyl/N-ethyl adjacent to an activating group) is 1. The molecule has 7 heteroatoms. The Morgan fingerprint density at radius 1 is 1.12 bits per heavy atom. The van der Waals surface area contributed by atoms with Crippen LogP contribution in [0.5, 0.6) is 0 Å². The number of carbonyl (C=O) groups is 2. The van der Waals surface area contributed by atoms with E-state index < -0.39 is 0 Å². The zero-order valence-corrected chi connectivity index (χ0v) is 24.9. The standard InChI is InChI=1S/C33H48N4O3/c1-6-29(17-16-26(3)30(39)35(7-2)22-23-38)36-25-32(37(31(36)40)24-27-12-11-13-27)18-20-33(21-19-32,34(4)5)28-14-9-8-10-15-28/h6,8-10,14-17,27,38H,1,7,11-13,18-25H2,2-5H3/b26-16+,29-17+. The van der Waals surface area contributed by atoms with Gasteiger partial charge in [-0.05, 0) is 90.1 Å². The molecule has 3 amide bonds. The monoisotopic (exact) mass is 548 g/mol. The molecule has 0 atom stereocenters. The SMILES string of the molecule is C=C/C(=C\C=C(/C)C(=O)N(CC)CCO)N1CC2(CCC(c3ccccc3)(N(C)C)CC2)N(CC2CCC2)C1=O. The maximum Gasteiger partial charge on any atom is 0.325 e. The summed E-state index contributed by atoms with van der Waals surface area (Å²) in [5.41, 5.74) is 2.39. The molecule has 218 valence electrons. The van der Waals surface area contributed by atoms with Gasteiger partial charge in [-0.15, -0.1) is 0 Å². The van der Waals surface area contributed by atoms with Crippen molar-refractivity contribution in [3.63, 3.8) is 0 Å². The summed E-state index contributed by atoms with van der Waals surface area (Å²) in [5.74, 6) is 0.471. The molecular weight excluding hydrogens is 500 g/mol. The molecule has 1 aromatic carbocycles. The van der Waals surface area contributed by atoms with Gasteiger partial charge in [-0.3, -0.25) is 14.6 Å². The minimum Gasteiger partial charge on any atom is -0.395 e. The van der Waals surface area contributed by atoms with E-state index >= 15 is 0 Å². The van der Waals surface area contributed by atoms with Gasteiger partial charge in [-0.25, -0.2) is 4.79 Å². The van der Waals surface area contributed by atoms with Gasteiger partial charge < -0.3 is 14.9 Å². The Labute approximate surface area is 240 Å². The van der Waals surface area contributed by atoms with E-state index in [1.807, 2.05) is 17.9 Å². The molecule has 1 N–H and O–H groups in total. The molecule has 1 spiro atoms. The van der Waals surface area contributed by atoms with Crippen LogP contribution in [0.1, 0.15) is 64.4 Å². The fourth-order valence-electron chi connectivity index (χ4n) is 6.83. The molecule has 2 saturated carbocycles. The highest BCUT2D eigenvalue weighted by Gasteiger charge is 2.55. The lowest BCUT2D eigenvalue weighted by Crippen LogP contribution is -2.56. The van der Waals surface area contributed by atoms with Gasteiger partial charge in [0.25, 0.3) is 0 Å². The van der Waals surface area contributed by atoms with Crippen LogP contribution in [0.4, 0.5) is 4.79 Å². The van der Waals surface area contributed by atoms with E-state index in [1.54, 1.807) is 24.0 Å². The first-order valence-corrected chi connectivity index (χ1v) is 14.9. The van der Waals surface area contributed by atoms with Crippen LogP contribution in [0, 0.1) is 5.92 Å². The molecule has 1 heterocycles. The third kappa shape index (κ3) is 5.77. The molecule has 1 aromatic rings. The minimum absolute atomic E-state index is 0.0395. The van der Waals surface area contributed by atoms with Crippen LogP contribution in [0.25, 0.3) is 0 Å². The van der Waals surface area contributed by atoms with Crippen molar-refractivity contribution >= 4 is 11.9 Å². The highest BCUT2D eigenvalue weighted by atomic mass is 16.3. The van der Waals surface area contributed by atoms with Crippen molar-refractivity contribution in [2.45, 2.75) is 69.9 Å². The lowest BCUT2D eigenvalue weighted by molar-refractivity contribution is -0.127. The van der Waals surface area contributed by atoms with Crippen LogP contribution < -0.4 is 0 Å². The number of hydrogen-bond acceptors (Lipinski definition) is 4. The molecule has 1 aliphatic heterocycles. The number of allylic oxidation sites excluding steroid dienone is 3. The summed E-state index contributed by atoms with van der Waals surface area (Å²) >= 11 is 0. The number of rotatable bonds is 11. The number of nitrogens with zero attached hydrogens (tertiary/aromatic N) is 4. The van der Waals surface area contributed by atoms with Crippen molar-refractivity contribution < 1.29 is 14.7 Å². The van der Waals surface area contributed by atoms with Crippen LogP contribution >= 0.6 is 0 Å². The Morgan fingerprint density at radius 3 is 2.33 bits per heavy atom. The second kappa shape index (κ2) is 12.7. The van der Waals surface area contributed by atoms with Gasteiger partial charge in [0.05, 0.1) is 18.7 Å². The first-order valence-electron chi connectivity index (χ1n) is 14.9. The summed E-state index contributed by atoms with van der Waals surface area (Å²) in [7, 11) is 4.36. The van der Waals surface area contributed by atoms with Crippen LogP contribution in [0.3, 0.4) is 0 Å². The van der Waals surface area contributed by atoms with Crippen molar-refractivity contribution in [2.75, 3.05) is 46.9 Å². The molecule has 1 saturated heterocycles. The van der Waals surface area contributed by atoms with Crippen molar-refractivity contribution in [1.29, 1.82) is 0 Å². The van der Waals surface area contributed by atoms with Gasteiger partial charge in [-0.2, -0.15) is 0 Å². The predicted molar refractivity (Wildman–Crippen MR) is 161 cm³/mol. The summed E-state index contributed by atoms with van der Waals surface area (Å²) in [6.07, 6.45) is 12.9. The van der Waals surface area contributed by atoms with E-state index in [0.717, 1.165) is 37.9 Å². The Morgan fingerprint density at radius 2 is 1.80 bits per heavy atom. The smallest absolute Gasteiger partial charge is 0.325 e. The zero-order valence-electron chi connectivity index (χ0n) is 24.9. The highest BCUT2D eigenvalue weighted by Crippen LogP contribution is 2.50. The fraction of sp³-hybridized carbons (Fsp3) is 0.576. The maximum absolute atomic E-state index is 14.1. The molecule has 2 aliphatic carbocycles. The zero-order chi connectivity index (χ0) is 28.9. The summed E-state index contributed by atoms with van der Waals surface area (Å²) in [6, 6.07) is 10.9. The molecule has 4 rings (SSSR count). The number of urea groups is 1. The van der Waals surface area contributed by atoms with Crippen molar-refractivity contribution in [1.82, 2.24) is 19.6 Å². The first kappa shape index (κ1) is 30.1. The lowest BCUT2D eigenvalue weighted by Gasteiger charge is -2.51. The van der Waals surface area contributed by atoms with E-state index in [-0.39, 0.29) is 29.6 Å². The van der Waals surface area contributed by atoms with Gasteiger partial charge in [0.2, 0.25) is 5.91 Å². The summed E-state index contributed by atoms with van der Waals surface area (Å²) < 4.78 is 0. The van der Waals surface area contributed by atoms with Gasteiger partial charge in [0.15, 0.2) is 0 Å². The third-order valence-corrected chi connectivity index (χ3v) is 9.73. The molecule has 7 nitrogen and oxygen atoms in total. The van der Waals surface area contributed by atoms with E-state index in [2.05, 4.69) is 60.8 Å². The number of amides is 3. The molecule has 0 radical (unpaired) electrons. The second-order valence-electron chi connectivity index (χ2n) is 12.0. The lowest BCUT2D eigenvalue weighted by atomic mass is 9.68. The number of carbonyl (C=O) groups excluding carboxylic acids is 2. The summed E-state index contributed by atoms with van der Waals surface area (Å²) in [5, 5.41) is 9.29. The van der Waals surface area contributed by atoms with Crippen LogP contribution in [-0.2, 0) is 10.3 Å². The van der Waals surface area contributed by atoms with Gasteiger partial charge >= 0.3 is 6.03 Å². The number of aliphatic hydroxyl groups is 1. The van der Waals surface area contributed by atoms with Crippen LogP contribution in [-0.4, -0.2) is 89.1 Å². The molecule has 3 fully saturated rings. The molecule has 3 aliphatic rings. The van der Waals surface area contributed by atoms with Gasteiger partial charge in [-0.1, -0.05) is 49.4 Å². The molecule has 0 bridgehead atoms. The molecular formula is C33H48N4O3. The highest BCUT2D eigenvalue weighted by molar-refractivity contribution is 5.93. The van der Waals surface area contributed by atoms with E-state index in [0.29, 0.717) is 31.1 Å². The Hall–Kier alpha value is -2.90. The summed E-state index contributed by atoms with van der Waals surface area (Å²) in [6.45, 7) is 9.94. The van der Waals surface area contributed by atoms with E-state index in [4.69, 9.17) is 0 Å². The largest absolute Gasteiger partial charge is 0.395 e. The average Bonchev–Trinajstić information content (AvgIpc) is 3.20. The third-order valence-electron chi connectivity index (χ3n) is 9.73. The fourth-order valence-corrected chi connectivity index (χ4v) is 6.83. The minimum atomic E-state index is -0.211. The van der Waals surface area contributed by atoms with Gasteiger partial charge in [0.1, 0.15) is 0 Å². The normalized spacial score (nSPS) is 26.0. The quantitative estimate of drug-likeness (QED) is 0.307. The van der Waals surface area contributed by atoms with Crippen molar-refractivity contribution in [2.24, 2.45) is 5.92 Å². The average molecular weight is 549 g/mol. The maximum atomic E-state index is 14.1. The van der Waals surface area contributed by atoms with Gasteiger partial charge in [0, 0.05) is 36.4 Å². The Bertz CT molecular complexity index is 1110. The van der Waals surface area contributed by atoms with E-state index in [9.17, 15) is 14.7 Å². The molecule has 0 aromatic heterocycles. The van der Waals surface area contributed by atoms with Crippen molar-refractivity contribution in [3.8, 4) is 0 Å². The van der Waals surface area contributed by atoms with Crippen molar-refractivity contribution in [3.05, 3.63) is 72.0 Å². The second-order valence-corrected chi connectivity index (χ2v) is 12.0. The topological polar surface area (TPSA) is 67.3 Å². The summed E-state index contributed by atoms with van der Waals surface area (Å²) in [4.78, 5) is 35.0. The van der Waals surface area contributed by atoms with Crippen LogP contribution in [0.15, 0.2) is 66.4 Å². The Balaban J connectivity index is 1.60.